The molecule has 0 N–H and O–H groups in total. The topological polar surface area (TPSA) is 22.1 Å². The van der Waals surface area contributed by atoms with Gasteiger partial charge in [0.2, 0.25) is 0 Å². The quantitative estimate of drug-likeness (QED) is 0.670. The van der Waals surface area contributed by atoms with Gasteiger partial charge in [-0.15, -0.1) is 0 Å². The predicted octanol–water partition coefficient (Wildman–Crippen LogP) is 1.86. The SMILES string of the molecule is COC1(c2ncccc2F)CC1. The van der Waals surface area contributed by atoms with Crippen LogP contribution in [-0.2, 0) is 10.3 Å². The van der Waals surface area contributed by atoms with Gasteiger partial charge in [-0.25, -0.2) is 4.39 Å². The molecule has 1 aromatic rings. The second kappa shape index (κ2) is 2.52. The lowest BCUT2D eigenvalue weighted by Crippen LogP contribution is -2.13. The van der Waals surface area contributed by atoms with Gasteiger partial charge in [0.05, 0.1) is 0 Å². The zero-order valence-electron chi connectivity index (χ0n) is 6.88. The molecule has 0 saturated heterocycles. The molecule has 0 aromatic carbocycles. The molecule has 64 valence electrons. The van der Waals surface area contributed by atoms with Crippen LogP contribution in [0.25, 0.3) is 0 Å². The van der Waals surface area contributed by atoms with Crippen LogP contribution in [0.4, 0.5) is 4.39 Å². The molecule has 0 unspecified atom stereocenters. The molecule has 1 saturated carbocycles. The molecule has 1 aromatic heterocycles. The first-order valence-electron chi connectivity index (χ1n) is 3.95. The lowest BCUT2D eigenvalue weighted by atomic mass is 10.2. The Morgan fingerprint density at radius 2 is 2.33 bits per heavy atom. The van der Waals surface area contributed by atoms with Crippen LogP contribution >= 0.6 is 0 Å². The van der Waals surface area contributed by atoms with E-state index < -0.39 is 5.60 Å². The Balaban J connectivity index is 2.40. The van der Waals surface area contributed by atoms with Crippen molar-refractivity contribution >= 4 is 0 Å². The number of methoxy groups -OCH3 is 1. The van der Waals surface area contributed by atoms with Gasteiger partial charge in [-0.3, -0.25) is 4.98 Å². The number of pyridine rings is 1. The van der Waals surface area contributed by atoms with E-state index in [4.69, 9.17) is 4.74 Å². The number of halogens is 1. The Bertz CT molecular complexity index is 296. The van der Waals surface area contributed by atoms with Crippen molar-refractivity contribution in [1.29, 1.82) is 0 Å². The number of hydrogen-bond acceptors (Lipinski definition) is 2. The summed E-state index contributed by atoms with van der Waals surface area (Å²) in [6.07, 6.45) is 3.34. The molecular weight excluding hydrogens is 157 g/mol. The molecule has 0 atom stereocenters. The first-order valence-corrected chi connectivity index (χ1v) is 3.95. The molecule has 2 nitrogen and oxygen atoms in total. The van der Waals surface area contributed by atoms with Gasteiger partial charge in [0.15, 0.2) is 0 Å². The fourth-order valence-corrected chi connectivity index (χ4v) is 1.37. The van der Waals surface area contributed by atoms with Crippen LogP contribution in [0.5, 0.6) is 0 Å². The van der Waals surface area contributed by atoms with Gasteiger partial charge in [-0.1, -0.05) is 0 Å². The van der Waals surface area contributed by atoms with Crippen LogP contribution < -0.4 is 0 Å². The maximum Gasteiger partial charge on any atom is 0.147 e. The minimum atomic E-state index is -0.411. The molecule has 12 heavy (non-hydrogen) atoms. The summed E-state index contributed by atoms with van der Waals surface area (Å²) in [5, 5.41) is 0. The molecule has 1 fully saturated rings. The van der Waals surface area contributed by atoms with Gasteiger partial charge in [0.25, 0.3) is 0 Å². The van der Waals surface area contributed by atoms with Crippen molar-refractivity contribution in [3.05, 3.63) is 29.8 Å². The lowest BCUT2D eigenvalue weighted by Gasteiger charge is -2.12. The summed E-state index contributed by atoms with van der Waals surface area (Å²) in [5.74, 6) is -0.267. The third kappa shape index (κ3) is 1.01. The van der Waals surface area contributed by atoms with E-state index in [0.29, 0.717) is 5.69 Å². The molecule has 1 aliphatic carbocycles. The van der Waals surface area contributed by atoms with Gasteiger partial charge in [-0.05, 0) is 25.0 Å². The highest BCUT2D eigenvalue weighted by molar-refractivity contribution is 5.21. The van der Waals surface area contributed by atoms with Crippen molar-refractivity contribution in [2.75, 3.05) is 7.11 Å². The molecule has 0 spiro atoms. The summed E-state index contributed by atoms with van der Waals surface area (Å²) in [7, 11) is 1.60. The zero-order chi connectivity index (χ0) is 8.60. The van der Waals surface area contributed by atoms with E-state index in [1.165, 1.54) is 6.07 Å². The molecule has 0 bridgehead atoms. The normalized spacial score (nSPS) is 19.2. The third-order valence-electron chi connectivity index (χ3n) is 2.28. The molecule has 0 amide bonds. The van der Waals surface area contributed by atoms with E-state index in [1.807, 2.05) is 0 Å². The fraction of sp³-hybridized carbons (Fsp3) is 0.444. The van der Waals surface area contributed by atoms with Crippen molar-refractivity contribution in [2.24, 2.45) is 0 Å². The smallest absolute Gasteiger partial charge is 0.147 e. The molecule has 0 aliphatic heterocycles. The Labute approximate surface area is 70.4 Å². The van der Waals surface area contributed by atoms with Gasteiger partial charge < -0.3 is 4.74 Å². The summed E-state index contributed by atoms with van der Waals surface area (Å²) in [5.41, 5.74) is 0.0400. The maximum absolute atomic E-state index is 13.2. The highest BCUT2D eigenvalue weighted by Gasteiger charge is 2.47. The first-order chi connectivity index (χ1) is 5.78. The summed E-state index contributed by atoms with van der Waals surface area (Å²) >= 11 is 0. The Kier molecular flexibility index (Phi) is 1.61. The van der Waals surface area contributed by atoms with Crippen molar-refractivity contribution in [1.82, 2.24) is 4.98 Å². The van der Waals surface area contributed by atoms with E-state index >= 15 is 0 Å². The Morgan fingerprint density at radius 1 is 1.58 bits per heavy atom. The van der Waals surface area contributed by atoms with E-state index in [2.05, 4.69) is 4.98 Å². The summed E-state index contributed by atoms with van der Waals surface area (Å²) < 4.78 is 18.4. The van der Waals surface area contributed by atoms with Gasteiger partial charge >= 0.3 is 0 Å². The van der Waals surface area contributed by atoms with Crippen molar-refractivity contribution < 1.29 is 9.13 Å². The number of hydrogen-bond donors (Lipinski definition) is 0. The van der Waals surface area contributed by atoms with Crippen LogP contribution in [0.3, 0.4) is 0 Å². The van der Waals surface area contributed by atoms with Crippen LogP contribution in [0.2, 0.25) is 0 Å². The standard InChI is InChI=1S/C9H10FNO/c1-12-9(4-5-9)8-7(10)3-2-6-11-8/h2-3,6H,4-5H2,1H3. The largest absolute Gasteiger partial charge is 0.372 e. The highest BCUT2D eigenvalue weighted by Crippen LogP contribution is 2.48. The summed E-state index contributed by atoms with van der Waals surface area (Å²) in [6.45, 7) is 0. The van der Waals surface area contributed by atoms with Crippen molar-refractivity contribution in [3.63, 3.8) is 0 Å². The number of ether oxygens (including phenoxy) is 1. The van der Waals surface area contributed by atoms with Gasteiger partial charge in [-0.2, -0.15) is 0 Å². The monoisotopic (exact) mass is 167 g/mol. The third-order valence-corrected chi connectivity index (χ3v) is 2.28. The van der Waals surface area contributed by atoms with Gasteiger partial charge in [0.1, 0.15) is 17.1 Å². The number of rotatable bonds is 2. The molecule has 0 radical (unpaired) electrons. The lowest BCUT2D eigenvalue weighted by molar-refractivity contribution is 0.0716. The van der Waals surface area contributed by atoms with Gasteiger partial charge in [0, 0.05) is 13.3 Å². The van der Waals surface area contributed by atoms with E-state index in [1.54, 1.807) is 19.4 Å². The van der Waals surface area contributed by atoms with Crippen molar-refractivity contribution in [2.45, 2.75) is 18.4 Å². The molecule has 1 aliphatic rings. The van der Waals surface area contributed by atoms with Crippen LogP contribution in [0.15, 0.2) is 18.3 Å². The second-order valence-corrected chi connectivity index (χ2v) is 3.03. The fourth-order valence-electron chi connectivity index (χ4n) is 1.37. The molecule has 2 rings (SSSR count). The molecule has 1 heterocycles. The van der Waals surface area contributed by atoms with E-state index in [-0.39, 0.29) is 5.82 Å². The number of nitrogens with zero attached hydrogens (tertiary/aromatic N) is 1. The van der Waals surface area contributed by atoms with E-state index in [0.717, 1.165) is 12.8 Å². The summed E-state index contributed by atoms with van der Waals surface area (Å²) in [6, 6.07) is 3.01. The van der Waals surface area contributed by atoms with Crippen LogP contribution in [0.1, 0.15) is 18.5 Å². The minimum absolute atomic E-state index is 0.267. The Hall–Kier alpha value is -0.960. The predicted molar refractivity (Wildman–Crippen MR) is 42.1 cm³/mol. The average Bonchev–Trinajstić information content (AvgIpc) is 2.86. The first kappa shape index (κ1) is 7.68. The molecule has 3 heteroatoms. The average molecular weight is 167 g/mol. The zero-order valence-corrected chi connectivity index (χ0v) is 6.88. The highest BCUT2D eigenvalue weighted by atomic mass is 19.1. The Morgan fingerprint density at radius 3 is 2.83 bits per heavy atom. The minimum Gasteiger partial charge on any atom is -0.372 e. The maximum atomic E-state index is 13.2. The summed E-state index contributed by atoms with van der Waals surface area (Å²) in [4.78, 5) is 3.98. The van der Waals surface area contributed by atoms with Crippen molar-refractivity contribution in [3.8, 4) is 0 Å². The van der Waals surface area contributed by atoms with E-state index in [9.17, 15) is 4.39 Å². The second-order valence-electron chi connectivity index (χ2n) is 3.03. The molecular formula is C9H10FNO. The van der Waals surface area contributed by atoms with Crippen LogP contribution in [-0.4, -0.2) is 12.1 Å². The van der Waals surface area contributed by atoms with Crippen LogP contribution in [0, 0.1) is 5.82 Å². The number of aromatic nitrogens is 1.